The van der Waals surface area contributed by atoms with Crippen LogP contribution >= 0.6 is 11.6 Å². The van der Waals surface area contributed by atoms with Crippen molar-refractivity contribution >= 4 is 23.3 Å². The third kappa shape index (κ3) is 2.12. The highest BCUT2D eigenvalue weighted by Crippen LogP contribution is 2.45. The van der Waals surface area contributed by atoms with Crippen LogP contribution in [0.4, 0.5) is 5.82 Å². The fraction of sp³-hybridized carbons (Fsp3) is 0.286. The highest BCUT2D eigenvalue weighted by Gasteiger charge is 2.45. The summed E-state index contributed by atoms with van der Waals surface area (Å²) in [6.07, 6.45) is 4.38. The molecule has 5 heteroatoms. The largest absolute Gasteiger partial charge is 0.310 e. The van der Waals surface area contributed by atoms with Crippen LogP contribution in [0.5, 0.6) is 0 Å². The lowest BCUT2D eigenvalue weighted by atomic mass is 9.64. The fourth-order valence-corrected chi connectivity index (χ4v) is 2.72. The van der Waals surface area contributed by atoms with E-state index in [1.807, 2.05) is 24.3 Å². The number of amides is 1. The number of aromatic nitrogens is 2. The van der Waals surface area contributed by atoms with E-state index in [0.29, 0.717) is 10.8 Å². The van der Waals surface area contributed by atoms with Crippen LogP contribution in [0.3, 0.4) is 0 Å². The maximum absolute atomic E-state index is 12.5. The minimum absolute atomic E-state index is 0.00488. The molecule has 4 nitrogen and oxygen atoms in total. The number of carbonyl (C=O) groups is 1. The predicted octanol–water partition coefficient (Wildman–Crippen LogP) is 3.12. The smallest absolute Gasteiger partial charge is 0.236 e. The molecule has 1 saturated carbocycles. The van der Waals surface area contributed by atoms with Crippen LogP contribution < -0.4 is 5.32 Å². The third-order valence-corrected chi connectivity index (χ3v) is 4.00. The lowest BCUT2D eigenvalue weighted by Crippen LogP contribution is -2.46. The van der Waals surface area contributed by atoms with E-state index in [1.54, 1.807) is 12.3 Å². The van der Waals surface area contributed by atoms with Crippen LogP contribution in [0.1, 0.15) is 24.8 Å². The Morgan fingerprint density at radius 2 is 2.21 bits per heavy atom. The minimum Gasteiger partial charge on any atom is -0.310 e. The second-order valence-corrected chi connectivity index (χ2v) is 5.31. The van der Waals surface area contributed by atoms with Gasteiger partial charge in [-0.05, 0) is 30.5 Å². The first-order chi connectivity index (χ1) is 9.21. The Kier molecular flexibility index (Phi) is 3.03. The van der Waals surface area contributed by atoms with Gasteiger partial charge in [-0.3, -0.25) is 9.89 Å². The first-order valence-electron chi connectivity index (χ1n) is 6.28. The van der Waals surface area contributed by atoms with E-state index in [-0.39, 0.29) is 5.91 Å². The monoisotopic (exact) mass is 275 g/mol. The van der Waals surface area contributed by atoms with Gasteiger partial charge < -0.3 is 5.32 Å². The number of aromatic amines is 1. The van der Waals surface area contributed by atoms with Gasteiger partial charge in [-0.2, -0.15) is 5.10 Å². The Balaban J connectivity index is 1.88. The van der Waals surface area contributed by atoms with Gasteiger partial charge >= 0.3 is 0 Å². The maximum Gasteiger partial charge on any atom is 0.236 e. The minimum atomic E-state index is -0.448. The standard InChI is InChI=1S/C14H14ClN3O/c15-11-4-1-3-10(9-11)14(6-2-7-14)13(19)17-12-5-8-16-18-12/h1,3-5,8-9H,2,6-7H2,(H2,16,17,18,19). The highest BCUT2D eigenvalue weighted by atomic mass is 35.5. The van der Waals surface area contributed by atoms with Crippen molar-refractivity contribution in [1.29, 1.82) is 0 Å². The van der Waals surface area contributed by atoms with Crippen LogP contribution in [-0.2, 0) is 10.2 Å². The van der Waals surface area contributed by atoms with Gasteiger partial charge in [0, 0.05) is 11.1 Å². The molecule has 0 radical (unpaired) electrons. The molecule has 1 aliphatic rings. The third-order valence-electron chi connectivity index (χ3n) is 3.77. The van der Waals surface area contributed by atoms with Crippen molar-refractivity contribution in [1.82, 2.24) is 10.2 Å². The zero-order valence-electron chi connectivity index (χ0n) is 10.3. The molecule has 1 aromatic carbocycles. The summed E-state index contributed by atoms with van der Waals surface area (Å²) in [5, 5.41) is 10.1. The van der Waals surface area contributed by atoms with Crippen LogP contribution in [0, 0.1) is 0 Å². The Morgan fingerprint density at radius 3 is 2.79 bits per heavy atom. The lowest BCUT2D eigenvalue weighted by molar-refractivity contribution is -0.124. The van der Waals surface area contributed by atoms with E-state index in [4.69, 9.17) is 11.6 Å². The zero-order valence-corrected chi connectivity index (χ0v) is 11.1. The molecule has 3 rings (SSSR count). The van der Waals surface area contributed by atoms with E-state index in [9.17, 15) is 4.79 Å². The van der Waals surface area contributed by atoms with Crippen molar-refractivity contribution in [2.45, 2.75) is 24.7 Å². The molecule has 0 unspecified atom stereocenters. The molecule has 0 saturated heterocycles. The van der Waals surface area contributed by atoms with Gasteiger partial charge in [-0.15, -0.1) is 0 Å². The summed E-state index contributed by atoms with van der Waals surface area (Å²) in [5.74, 6) is 0.628. The molecule has 1 amide bonds. The summed E-state index contributed by atoms with van der Waals surface area (Å²) < 4.78 is 0. The molecule has 0 spiro atoms. The van der Waals surface area contributed by atoms with Gasteiger partial charge in [0.25, 0.3) is 0 Å². The molecule has 0 aliphatic heterocycles. The van der Waals surface area contributed by atoms with Gasteiger partial charge in [0.1, 0.15) is 5.82 Å². The van der Waals surface area contributed by atoms with Crippen molar-refractivity contribution in [2.75, 3.05) is 5.32 Å². The molecule has 98 valence electrons. The number of nitrogens with one attached hydrogen (secondary N) is 2. The molecule has 1 aromatic heterocycles. The first-order valence-corrected chi connectivity index (χ1v) is 6.65. The van der Waals surface area contributed by atoms with Crippen molar-refractivity contribution in [3.63, 3.8) is 0 Å². The molecular weight excluding hydrogens is 262 g/mol. The summed E-state index contributed by atoms with van der Waals surface area (Å²) in [7, 11) is 0. The second kappa shape index (κ2) is 4.70. The number of carbonyl (C=O) groups excluding carboxylic acids is 1. The Hall–Kier alpha value is -1.81. The molecule has 19 heavy (non-hydrogen) atoms. The molecule has 2 N–H and O–H groups in total. The number of anilines is 1. The normalized spacial score (nSPS) is 16.7. The van der Waals surface area contributed by atoms with Crippen LogP contribution in [0.15, 0.2) is 36.5 Å². The van der Waals surface area contributed by atoms with Crippen LogP contribution in [0.2, 0.25) is 5.02 Å². The molecule has 2 aromatic rings. The van der Waals surface area contributed by atoms with Gasteiger partial charge in [-0.25, -0.2) is 0 Å². The van der Waals surface area contributed by atoms with Gasteiger partial charge in [0.05, 0.1) is 11.6 Å². The average molecular weight is 276 g/mol. The Labute approximate surface area is 116 Å². The summed E-state index contributed by atoms with van der Waals surface area (Å²) >= 11 is 6.03. The van der Waals surface area contributed by atoms with E-state index < -0.39 is 5.41 Å². The number of hydrogen-bond acceptors (Lipinski definition) is 2. The highest BCUT2D eigenvalue weighted by molar-refractivity contribution is 6.30. The summed E-state index contributed by atoms with van der Waals surface area (Å²) in [6, 6.07) is 9.30. The topological polar surface area (TPSA) is 57.8 Å². The first kappa shape index (κ1) is 12.2. The molecule has 1 aliphatic carbocycles. The van der Waals surface area contributed by atoms with E-state index in [1.165, 1.54) is 0 Å². The average Bonchev–Trinajstić information content (AvgIpc) is 2.80. The number of H-pyrrole nitrogens is 1. The number of rotatable bonds is 3. The molecule has 0 bridgehead atoms. The summed E-state index contributed by atoms with van der Waals surface area (Å²) in [5.41, 5.74) is 0.541. The Morgan fingerprint density at radius 1 is 1.37 bits per heavy atom. The van der Waals surface area contributed by atoms with E-state index in [0.717, 1.165) is 24.8 Å². The van der Waals surface area contributed by atoms with Crippen molar-refractivity contribution in [3.05, 3.63) is 47.1 Å². The second-order valence-electron chi connectivity index (χ2n) is 4.87. The van der Waals surface area contributed by atoms with Crippen LogP contribution in [0.25, 0.3) is 0 Å². The quantitative estimate of drug-likeness (QED) is 0.904. The number of hydrogen-bond donors (Lipinski definition) is 2. The zero-order chi connectivity index (χ0) is 13.3. The molecule has 0 atom stereocenters. The Bertz CT molecular complexity index is 590. The van der Waals surface area contributed by atoms with Crippen molar-refractivity contribution in [3.8, 4) is 0 Å². The van der Waals surface area contributed by atoms with Crippen LogP contribution in [-0.4, -0.2) is 16.1 Å². The summed E-state index contributed by atoms with van der Waals surface area (Å²) in [4.78, 5) is 12.5. The van der Waals surface area contributed by atoms with Gasteiger partial charge in [0.2, 0.25) is 5.91 Å². The van der Waals surface area contributed by atoms with E-state index in [2.05, 4.69) is 15.5 Å². The van der Waals surface area contributed by atoms with Gasteiger partial charge in [0.15, 0.2) is 0 Å². The van der Waals surface area contributed by atoms with E-state index >= 15 is 0 Å². The lowest BCUT2D eigenvalue weighted by Gasteiger charge is -2.40. The van der Waals surface area contributed by atoms with Crippen molar-refractivity contribution < 1.29 is 4.79 Å². The molecule has 1 fully saturated rings. The van der Waals surface area contributed by atoms with Gasteiger partial charge in [-0.1, -0.05) is 30.2 Å². The summed E-state index contributed by atoms with van der Waals surface area (Å²) in [6.45, 7) is 0. The maximum atomic E-state index is 12.5. The molecule has 1 heterocycles. The predicted molar refractivity (Wildman–Crippen MR) is 74.2 cm³/mol. The number of nitrogens with zero attached hydrogens (tertiary/aromatic N) is 1. The van der Waals surface area contributed by atoms with Crippen molar-refractivity contribution in [2.24, 2.45) is 0 Å². The fourth-order valence-electron chi connectivity index (χ4n) is 2.53. The number of halogens is 1. The molecular formula is C14H14ClN3O. The number of benzene rings is 1. The SMILES string of the molecule is O=C(Nc1ccn[nH]1)C1(c2cccc(Cl)c2)CCC1.